The lowest BCUT2D eigenvalue weighted by atomic mass is 10.2. The number of hydrogen-bond acceptors (Lipinski definition) is 3. The molecule has 0 spiro atoms. The van der Waals surface area contributed by atoms with E-state index in [4.69, 9.17) is 4.84 Å². The maximum Gasteiger partial charge on any atom is 0.122 e. The van der Waals surface area contributed by atoms with Crippen LogP contribution < -0.4 is 0 Å². The third-order valence-electron chi connectivity index (χ3n) is 1.11. The molecular weight excluding hydrogens is 122 g/mol. The van der Waals surface area contributed by atoms with Gasteiger partial charge >= 0.3 is 0 Å². The van der Waals surface area contributed by atoms with Crippen molar-refractivity contribution in [3.05, 3.63) is 0 Å². The Bertz CT molecular complexity index is 111. The molecule has 0 bridgehead atoms. The molecule has 1 atom stereocenters. The van der Waals surface area contributed by atoms with Crippen LogP contribution in [-0.4, -0.2) is 17.6 Å². The SMILES string of the molecule is CC(S)C1=NOCC1. The second-order valence-corrected chi connectivity index (χ2v) is 2.62. The lowest BCUT2D eigenvalue weighted by molar-refractivity contribution is 0.173. The van der Waals surface area contributed by atoms with Gasteiger partial charge < -0.3 is 4.84 Å². The van der Waals surface area contributed by atoms with Crippen LogP contribution in [-0.2, 0) is 4.84 Å². The fourth-order valence-electron chi connectivity index (χ4n) is 0.610. The molecule has 1 aliphatic rings. The number of oxime groups is 1. The Kier molecular flexibility index (Phi) is 1.78. The van der Waals surface area contributed by atoms with E-state index < -0.39 is 0 Å². The van der Waals surface area contributed by atoms with Gasteiger partial charge in [0, 0.05) is 11.7 Å². The first-order valence-corrected chi connectivity index (χ1v) is 3.19. The molecule has 0 aromatic carbocycles. The van der Waals surface area contributed by atoms with Gasteiger partial charge in [0.15, 0.2) is 0 Å². The molecule has 3 heteroatoms. The molecule has 0 N–H and O–H groups in total. The van der Waals surface area contributed by atoms with Gasteiger partial charge in [-0.3, -0.25) is 0 Å². The molecule has 0 aromatic rings. The maximum atomic E-state index is 4.76. The quantitative estimate of drug-likeness (QED) is 0.528. The first-order chi connectivity index (χ1) is 3.80. The molecule has 0 amide bonds. The number of thiol groups is 1. The summed E-state index contributed by atoms with van der Waals surface area (Å²) in [5.74, 6) is 0. The summed E-state index contributed by atoms with van der Waals surface area (Å²) in [6.07, 6.45) is 0.949. The first-order valence-electron chi connectivity index (χ1n) is 2.67. The smallest absolute Gasteiger partial charge is 0.122 e. The summed E-state index contributed by atoms with van der Waals surface area (Å²) in [5.41, 5.74) is 1.06. The van der Waals surface area contributed by atoms with E-state index in [-0.39, 0.29) is 5.25 Å². The van der Waals surface area contributed by atoms with Gasteiger partial charge in [0.1, 0.15) is 6.61 Å². The number of hydrogen-bond donors (Lipinski definition) is 1. The highest BCUT2D eigenvalue weighted by Crippen LogP contribution is 2.07. The number of rotatable bonds is 1. The van der Waals surface area contributed by atoms with E-state index in [2.05, 4.69) is 17.8 Å². The van der Waals surface area contributed by atoms with Gasteiger partial charge in [-0.2, -0.15) is 12.6 Å². The number of nitrogens with zero attached hydrogens (tertiary/aromatic N) is 1. The van der Waals surface area contributed by atoms with Gasteiger partial charge in [-0.1, -0.05) is 5.16 Å². The Morgan fingerprint density at radius 3 is 2.88 bits per heavy atom. The van der Waals surface area contributed by atoms with Crippen LogP contribution in [0.1, 0.15) is 13.3 Å². The normalized spacial score (nSPS) is 22.0. The highest BCUT2D eigenvalue weighted by Gasteiger charge is 2.11. The van der Waals surface area contributed by atoms with Crippen molar-refractivity contribution < 1.29 is 4.84 Å². The van der Waals surface area contributed by atoms with Gasteiger partial charge in [-0.15, -0.1) is 0 Å². The van der Waals surface area contributed by atoms with Crippen molar-refractivity contribution in [2.45, 2.75) is 18.6 Å². The van der Waals surface area contributed by atoms with Crippen LogP contribution in [0.5, 0.6) is 0 Å². The van der Waals surface area contributed by atoms with Gasteiger partial charge in [0.25, 0.3) is 0 Å². The predicted octanol–water partition coefficient (Wildman–Crippen LogP) is 1.08. The Labute approximate surface area is 54.3 Å². The van der Waals surface area contributed by atoms with Crippen molar-refractivity contribution in [1.82, 2.24) is 0 Å². The van der Waals surface area contributed by atoms with Crippen LogP contribution in [0, 0.1) is 0 Å². The maximum absolute atomic E-state index is 4.76. The lowest BCUT2D eigenvalue weighted by Gasteiger charge is -1.96. The third kappa shape index (κ3) is 1.15. The largest absolute Gasteiger partial charge is 0.395 e. The molecule has 0 saturated carbocycles. The standard InChI is InChI=1S/C5H9NOS/c1-4(8)5-2-3-7-6-5/h4,8H,2-3H2,1H3. The monoisotopic (exact) mass is 131 g/mol. The summed E-state index contributed by atoms with van der Waals surface area (Å²) in [6.45, 7) is 2.73. The van der Waals surface area contributed by atoms with Crippen molar-refractivity contribution in [2.75, 3.05) is 6.61 Å². The molecular formula is C5H9NOS. The molecule has 2 nitrogen and oxygen atoms in total. The van der Waals surface area contributed by atoms with Gasteiger partial charge in [-0.25, -0.2) is 0 Å². The topological polar surface area (TPSA) is 21.6 Å². The highest BCUT2D eigenvalue weighted by atomic mass is 32.1. The summed E-state index contributed by atoms with van der Waals surface area (Å²) in [7, 11) is 0. The molecule has 8 heavy (non-hydrogen) atoms. The van der Waals surface area contributed by atoms with Crippen LogP contribution in [0.3, 0.4) is 0 Å². The van der Waals surface area contributed by atoms with Crippen molar-refractivity contribution >= 4 is 18.3 Å². The van der Waals surface area contributed by atoms with Crippen LogP contribution in [0.15, 0.2) is 5.16 Å². The van der Waals surface area contributed by atoms with E-state index in [9.17, 15) is 0 Å². The summed E-state index contributed by atoms with van der Waals surface area (Å²) in [6, 6.07) is 0. The molecule has 0 aliphatic carbocycles. The molecule has 0 aromatic heterocycles. The molecule has 1 aliphatic heterocycles. The molecule has 46 valence electrons. The van der Waals surface area contributed by atoms with Crippen molar-refractivity contribution in [3.63, 3.8) is 0 Å². The van der Waals surface area contributed by atoms with Gasteiger partial charge in [-0.05, 0) is 6.92 Å². The summed E-state index contributed by atoms with van der Waals surface area (Å²) in [4.78, 5) is 4.76. The molecule has 1 heterocycles. The Balaban J connectivity index is 2.45. The zero-order valence-electron chi connectivity index (χ0n) is 4.79. The van der Waals surface area contributed by atoms with Gasteiger partial charge in [0.05, 0.1) is 5.71 Å². The summed E-state index contributed by atoms with van der Waals surface area (Å²) >= 11 is 4.18. The van der Waals surface area contributed by atoms with E-state index in [1.54, 1.807) is 0 Å². The van der Waals surface area contributed by atoms with E-state index in [0.29, 0.717) is 0 Å². The van der Waals surface area contributed by atoms with E-state index in [1.807, 2.05) is 6.92 Å². The van der Waals surface area contributed by atoms with Crippen LogP contribution >= 0.6 is 12.6 Å². The zero-order chi connectivity index (χ0) is 5.98. The van der Waals surface area contributed by atoms with Crippen LogP contribution in [0.25, 0.3) is 0 Å². The Morgan fingerprint density at radius 2 is 2.62 bits per heavy atom. The zero-order valence-corrected chi connectivity index (χ0v) is 5.69. The molecule has 0 saturated heterocycles. The summed E-state index contributed by atoms with van der Waals surface area (Å²) < 4.78 is 0. The fourth-order valence-corrected chi connectivity index (χ4v) is 0.786. The first kappa shape index (κ1) is 5.95. The summed E-state index contributed by atoms with van der Waals surface area (Å²) in [5, 5.41) is 4.04. The Morgan fingerprint density at radius 1 is 1.88 bits per heavy atom. The molecule has 1 unspecified atom stereocenters. The predicted molar refractivity (Wildman–Crippen MR) is 36.5 cm³/mol. The minimum atomic E-state index is 0.262. The average Bonchev–Trinajstić information content (AvgIpc) is 2.12. The third-order valence-corrected chi connectivity index (χ3v) is 1.41. The van der Waals surface area contributed by atoms with E-state index >= 15 is 0 Å². The molecule has 0 fully saturated rings. The second kappa shape index (κ2) is 2.40. The van der Waals surface area contributed by atoms with Crippen molar-refractivity contribution in [2.24, 2.45) is 5.16 Å². The fraction of sp³-hybridized carbons (Fsp3) is 0.800. The Hall–Kier alpha value is -0.180. The van der Waals surface area contributed by atoms with Crippen LogP contribution in [0.2, 0.25) is 0 Å². The van der Waals surface area contributed by atoms with Crippen LogP contribution in [0.4, 0.5) is 0 Å². The highest BCUT2D eigenvalue weighted by molar-refractivity contribution is 7.81. The van der Waals surface area contributed by atoms with E-state index in [0.717, 1.165) is 18.7 Å². The lowest BCUT2D eigenvalue weighted by Crippen LogP contribution is -2.06. The van der Waals surface area contributed by atoms with Crippen molar-refractivity contribution in [3.8, 4) is 0 Å². The second-order valence-electron chi connectivity index (χ2n) is 1.84. The van der Waals surface area contributed by atoms with Gasteiger partial charge in [0.2, 0.25) is 0 Å². The van der Waals surface area contributed by atoms with Crippen molar-refractivity contribution in [1.29, 1.82) is 0 Å². The molecule has 1 rings (SSSR count). The minimum absolute atomic E-state index is 0.262. The minimum Gasteiger partial charge on any atom is -0.395 e. The molecule has 0 radical (unpaired) electrons. The van der Waals surface area contributed by atoms with E-state index in [1.165, 1.54) is 0 Å². The average molecular weight is 131 g/mol.